The first kappa shape index (κ1) is 17.7. The lowest BCUT2D eigenvalue weighted by atomic mass is 9.88. The summed E-state index contributed by atoms with van der Waals surface area (Å²) >= 11 is 0. The summed E-state index contributed by atoms with van der Waals surface area (Å²) in [4.78, 5) is 20.0. The first-order valence-corrected chi connectivity index (χ1v) is 9.08. The minimum absolute atomic E-state index is 0.0421. The van der Waals surface area contributed by atoms with Crippen LogP contribution in [0.1, 0.15) is 36.1 Å². The maximum absolute atomic E-state index is 12.5. The van der Waals surface area contributed by atoms with E-state index in [2.05, 4.69) is 22.2 Å². The minimum atomic E-state index is -0.643. The zero-order valence-corrected chi connectivity index (χ0v) is 15.5. The van der Waals surface area contributed by atoms with Crippen LogP contribution in [-0.2, 0) is 4.74 Å². The van der Waals surface area contributed by atoms with Crippen molar-refractivity contribution < 1.29 is 14.6 Å². The Morgan fingerprint density at radius 2 is 2.07 bits per heavy atom. The van der Waals surface area contributed by atoms with Gasteiger partial charge in [-0.05, 0) is 42.3 Å². The zero-order valence-electron chi connectivity index (χ0n) is 15.5. The molecule has 1 aliphatic heterocycles. The lowest BCUT2D eigenvalue weighted by Crippen LogP contribution is -2.48. The van der Waals surface area contributed by atoms with E-state index in [1.54, 1.807) is 6.92 Å². The number of aromatic amines is 1. The molecule has 0 aliphatic carbocycles. The van der Waals surface area contributed by atoms with Gasteiger partial charge in [-0.2, -0.15) is 0 Å². The number of carbonyl (C=O) groups excluding carboxylic acids is 1. The number of nitrogens with zero attached hydrogens (tertiary/aromatic N) is 1. The van der Waals surface area contributed by atoms with Crippen molar-refractivity contribution in [3.63, 3.8) is 0 Å². The van der Waals surface area contributed by atoms with E-state index >= 15 is 0 Å². The predicted molar refractivity (Wildman–Crippen MR) is 103 cm³/mol. The number of ether oxygens (including phenoxy) is 1. The van der Waals surface area contributed by atoms with E-state index in [0.29, 0.717) is 31.1 Å². The van der Waals surface area contributed by atoms with Crippen molar-refractivity contribution in [3.8, 4) is 11.1 Å². The number of aliphatic hydroxyl groups excluding tert-OH is 1. The van der Waals surface area contributed by atoms with Crippen LogP contribution in [-0.4, -0.2) is 40.7 Å². The number of fused-ring (bicyclic) bond motifs is 1. The molecule has 1 saturated heterocycles. The Morgan fingerprint density at radius 1 is 1.30 bits per heavy atom. The fourth-order valence-corrected chi connectivity index (χ4v) is 3.20. The molecule has 140 valence electrons. The third-order valence-corrected chi connectivity index (χ3v) is 4.93. The molecule has 2 aromatic carbocycles. The van der Waals surface area contributed by atoms with Crippen LogP contribution in [0.4, 0.5) is 0 Å². The molecule has 1 amide bonds. The number of H-pyrrole nitrogens is 1. The molecule has 1 aromatic heterocycles. The molecule has 0 saturated carbocycles. The number of benzene rings is 2. The Labute approximate surface area is 157 Å². The molecule has 1 fully saturated rings. The van der Waals surface area contributed by atoms with E-state index < -0.39 is 6.10 Å². The molecule has 0 spiro atoms. The van der Waals surface area contributed by atoms with Gasteiger partial charge < -0.3 is 20.1 Å². The summed E-state index contributed by atoms with van der Waals surface area (Å²) in [7, 11) is 0. The van der Waals surface area contributed by atoms with Crippen LogP contribution in [0.3, 0.4) is 0 Å². The first-order chi connectivity index (χ1) is 12.9. The van der Waals surface area contributed by atoms with Gasteiger partial charge in [0.2, 0.25) is 0 Å². The normalized spacial score (nSPS) is 16.7. The monoisotopic (exact) mass is 365 g/mol. The van der Waals surface area contributed by atoms with Crippen LogP contribution < -0.4 is 5.32 Å². The number of rotatable bonds is 5. The number of hydrogen-bond donors (Lipinski definition) is 3. The Kier molecular flexibility index (Phi) is 4.45. The Bertz CT molecular complexity index is 989. The number of amides is 1. The van der Waals surface area contributed by atoms with Crippen molar-refractivity contribution in [2.45, 2.75) is 20.0 Å². The number of hydrogen-bond acceptors (Lipinski definition) is 4. The van der Waals surface area contributed by atoms with Gasteiger partial charge in [-0.25, -0.2) is 4.98 Å². The van der Waals surface area contributed by atoms with Crippen molar-refractivity contribution in [1.29, 1.82) is 0 Å². The molecule has 3 aromatic rings. The molecular weight excluding hydrogens is 342 g/mol. The van der Waals surface area contributed by atoms with Crippen molar-refractivity contribution in [3.05, 3.63) is 53.9 Å². The van der Waals surface area contributed by atoms with Gasteiger partial charge in [0.25, 0.3) is 5.91 Å². The van der Waals surface area contributed by atoms with E-state index in [0.717, 1.165) is 22.2 Å². The van der Waals surface area contributed by atoms with Crippen LogP contribution in [0.5, 0.6) is 0 Å². The van der Waals surface area contributed by atoms with Gasteiger partial charge in [0, 0.05) is 17.5 Å². The number of carbonyl (C=O) groups is 1. The molecule has 4 rings (SSSR count). The molecule has 0 unspecified atom stereocenters. The van der Waals surface area contributed by atoms with E-state index in [-0.39, 0.29) is 11.3 Å². The molecule has 2 heterocycles. The van der Waals surface area contributed by atoms with Crippen molar-refractivity contribution in [1.82, 2.24) is 15.3 Å². The summed E-state index contributed by atoms with van der Waals surface area (Å²) in [6.07, 6.45) is -0.643. The Morgan fingerprint density at radius 3 is 2.78 bits per heavy atom. The van der Waals surface area contributed by atoms with Gasteiger partial charge in [-0.1, -0.05) is 25.1 Å². The van der Waals surface area contributed by atoms with Gasteiger partial charge in [0.1, 0.15) is 11.9 Å². The molecule has 6 nitrogen and oxygen atoms in total. The summed E-state index contributed by atoms with van der Waals surface area (Å²) in [5.74, 6) is 0.465. The van der Waals surface area contributed by atoms with E-state index in [1.165, 1.54) is 0 Å². The molecule has 6 heteroatoms. The highest BCUT2D eigenvalue weighted by molar-refractivity contribution is 5.95. The molecular formula is C21H23N3O3. The molecule has 1 aliphatic rings. The van der Waals surface area contributed by atoms with Crippen molar-refractivity contribution >= 4 is 16.9 Å². The topological polar surface area (TPSA) is 87.2 Å². The SMILES string of the molecule is C[C@H](O)c1nc2ccc(-c3cccc(C(=O)NCC4(C)COC4)c3)cc2[nH]1. The predicted octanol–water partition coefficient (Wildman–Crippen LogP) is 3.05. The van der Waals surface area contributed by atoms with Crippen molar-refractivity contribution in [2.24, 2.45) is 5.41 Å². The summed E-state index contributed by atoms with van der Waals surface area (Å²) in [6, 6.07) is 13.4. The van der Waals surface area contributed by atoms with Gasteiger partial charge in [-0.15, -0.1) is 0 Å². The summed E-state index contributed by atoms with van der Waals surface area (Å²) < 4.78 is 5.23. The number of aliphatic hydroxyl groups is 1. The second-order valence-electron chi connectivity index (χ2n) is 7.60. The number of nitrogens with one attached hydrogen (secondary N) is 2. The second-order valence-corrected chi connectivity index (χ2v) is 7.60. The maximum Gasteiger partial charge on any atom is 0.251 e. The highest BCUT2D eigenvalue weighted by atomic mass is 16.5. The highest BCUT2D eigenvalue weighted by Crippen LogP contribution is 2.27. The van der Waals surface area contributed by atoms with E-state index in [9.17, 15) is 9.90 Å². The standard InChI is InChI=1S/C21H23N3O3/c1-13(25)19-23-17-7-6-15(9-18(17)24-19)14-4-3-5-16(8-14)20(26)22-10-21(2)11-27-12-21/h3-9,13,25H,10-12H2,1-2H3,(H,22,26)(H,23,24)/t13-/m0/s1. The Balaban J connectivity index is 1.56. The van der Waals surface area contributed by atoms with Crippen LogP contribution in [0.2, 0.25) is 0 Å². The smallest absolute Gasteiger partial charge is 0.251 e. The maximum atomic E-state index is 12.5. The second kappa shape index (κ2) is 6.79. The first-order valence-electron chi connectivity index (χ1n) is 9.08. The highest BCUT2D eigenvalue weighted by Gasteiger charge is 2.33. The third-order valence-electron chi connectivity index (χ3n) is 4.93. The van der Waals surface area contributed by atoms with Gasteiger partial charge in [0.05, 0.1) is 24.2 Å². The Hall–Kier alpha value is -2.70. The fraction of sp³-hybridized carbons (Fsp3) is 0.333. The van der Waals surface area contributed by atoms with Crippen LogP contribution in [0.25, 0.3) is 22.2 Å². The molecule has 27 heavy (non-hydrogen) atoms. The molecule has 0 radical (unpaired) electrons. The summed E-state index contributed by atoms with van der Waals surface area (Å²) in [5.41, 5.74) is 4.27. The largest absolute Gasteiger partial charge is 0.385 e. The minimum Gasteiger partial charge on any atom is -0.385 e. The quantitative estimate of drug-likeness (QED) is 0.648. The van der Waals surface area contributed by atoms with Gasteiger partial charge in [-0.3, -0.25) is 4.79 Å². The lowest BCUT2D eigenvalue weighted by Gasteiger charge is -2.38. The van der Waals surface area contributed by atoms with Crippen LogP contribution in [0, 0.1) is 5.41 Å². The van der Waals surface area contributed by atoms with E-state index in [4.69, 9.17) is 4.74 Å². The molecule has 3 N–H and O–H groups in total. The average Bonchev–Trinajstić information content (AvgIpc) is 3.08. The third kappa shape index (κ3) is 3.59. The zero-order chi connectivity index (χ0) is 19.0. The van der Waals surface area contributed by atoms with E-state index in [1.807, 2.05) is 42.5 Å². The fourth-order valence-electron chi connectivity index (χ4n) is 3.20. The number of aromatic nitrogens is 2. The van der Waals surface area contributed by atoms with Crippen LogP contribution in [0.15, 0.2) is 42.5 Å². The number of imidazole rings is 1. The lowest BCUT2D eigenvalue weighted by molar-refractivity contribution is -0.0978. The van der Waals surface area contributed by atoms with Crippen molar-refractivity contribution in [2.75, 3.05) is 19.8 Å². The van der Waals surface area contributed by atoms with Gasteiger partial charge in [0.15, 0.2) is 0 Å². The van der Waals surface area contributed by atoms with Gasteiger partial charge >= 0.3 is 0 Å². The average molecular weight is 365 g/mol. The summed E-state index contributed by atoms with van der Waals surface area (Å²) in [5, 5.41) is 12.7. The van der Waals surface area contributed by atoms with Crippen LogP contribution >= 0.6 is 0 Å². The molecule has 0 bridgehead atoms. The molecule has 1 atom stereocenters. The summed E-state index contributed by atoms with van der Waals surface area (Å²) in [6.45, 7) is 5.77.